The lowest BCUT2D eigenvalue weighted by Crippen LogP contribution is -2.38. The monoisotopic (exact) mass is 334 g/mol. The Kier molecular flexibility index (Phi) is 6.10. The van der Waals surface area contributed by atoms with Crippen LogP contribution in [0.1, 0.15) is 40.9 Å². The summed E-state index contributed by atoms with van der Waals surface area (Å²) in [4.78, 5) is 9.93. The standard InChI is InChI=1S/C17H23FN4S/c1-5-19-17(21-10-15-9-20-13(4)23-15)22-12(3)14-7-6-11(2)16(18)8-14/h6-9,12H,5,10H2,1-4H3,(H2,19,21,22). The van der Waals surface area contributed by atoms with Crippen LogP contribution in [0.5, 0.6) is 0 Å². The highest BCUT2D eigenvalue weighted by molar-refractivity contribution is 7.11. The number of guanidine groups is 1. The molecule has 1 heterocycles. The van der Waals surface area contributed by atoms with Gasteiger partial charge in [-0.25, -0.2) is 14.4 Å². The van der Waals surface area contributed by atoms with Gasteiger partial charge in [-0.2, -0.15) is 0 Å². The quantitative estimate of drug-likeness (QED) is 0.647. The van der Waals surface area contributed by atoms with Gasteiger partial charge in [0.25, 0.3) is 0 Å². The second kappa shape index (κ2) is 8.06. The largest absolute Gasteiger partial charge is 0.357 e. The summed E-state index contributed by atoms with van der Waals surface area (Å²) in [6.45, 7) is 9.10. The molecule has 0 saturated carbocycles. The average molecular weight is 334 g/mol. The smallest absolute Gasteiger partial charge is 0.192 e. The molecular formula is C17H23FN4S. The van der Waals surface area contributed by atoms with Crippen LogP contribution in [-0.2, 0) is 6.54 Å². The molecule has 0 amide bonds. The molecule has 2 aromatic rings. The maximum Gasteiger partial charge on any atom is 0.192 e. The second-order valence-corrected chi connectivity index (χ2v) is 6.73. The van der Waals surface area contributed by atoms with Crippen molar-refractivity contribution in [3.63, 3.8) is 0 Å². The van der Waals surface area contributed by atoms with E-state index in [9.17, 15) is 4.39 Å². The fraction of sp³-hybridized carbons (Fsp3) is 0.412. The molecule has 6 heteroatoms. The fourth-order valence-corrected chi connectivity index (χ4v) is 2.84. The number of nitrogens with one attached hydrogen (secondary N) is 2. The van der Waals surface area contributed by atoms with Gasteiger partial charge in [-0.3, -0.25) is 0 Å². The Bertz CT molecular complexity index is 681. The van der Waals surface area contributed by atoms with E-state index in [0.29, 0.717) is 18.1 Å². The lowest BCUT2D eigenvalue weighted by atomic mass is 10.1. The second-order valence-electron chi connectivity index (χ2n) is 5.42. The van der Waals surface area contributed by atoms with Crippen molar-refractivity contribution < 1.29 is 4.39 Å². The molecule has 4 nitrogen and oxygen atoms in total. The van der Waals surface area contributed by atoms with E-state index in [0.717, 1.165) is 22.0 Å². The predicted molar refractivity (Wildman–Crippen MR) is 94.4 cm³/mol. The van der Waals surface area contributed by atoms with Gasteiger partial charge in [0.15, 0.2) is 5.96 Å². The van der Waals surface area contributed by atoms with Gasteiger partial charge in [-0.1, -0.05) is 12.1 Å². The van der Waals surface area contributed by atoms with Crippen molar-refractivity contribution in [2.24, 2.45) is 4.99 Å². The van der Waals surface area contributed by atoms with Crippen LogP contribution in [0.15, 0.2) is 29.4 Å². The molecule has 0 aliphatic heterocycles. The van der Waals surface area contributed by atoms with Crippen LogP contribution in [0.4, 0.5) is 4.39 Å². The highest BCUT2D eigenvalue weighted by atomic mass is 32.1. The minimum atomic E-state index is -0.182. The third-order valence-electron chi connectivity index (χ3n) is 3.46. The summed E-state index contributed by atoms with van der Waals surface area (Å²) in [7, 11) is 0. The average Bonchev–Trinajstić information content (AvgIpc) is 2.93. The van der Waals surface area contributed by atoms with Gasteiger partial charge in [0, 0.05) is 17.6 Å². The van der Waals surface area contributed by atoms with Crippen LogP contribution < -0.4 is 10.6 Å². The van der Waals surface area contributed by atoms with Crippen LogP contribution >= 0.6 is 11.3 Å². The number of thiazole rings is 1. The van der Waals surface area contributed by atoms with Gasteiger partial charge in [-0.05, 0) is 44.9 Å². The van der Waals surface area contributed by atoms with E-state index in [2.05, 4.69) is 20.6 Å². The zero-order valence-electron chi connectivity index (χ0n) is 14.0. The molecule has 0 spiro atoms. The third kappa shape index (κ3) is 5.03. The van der Waals surface area contributed by atoms with E-state index in [1.165, 1.54) is 0 Å². The summed E-state index contributed by atoms with van der Waals surface area (Å²) in [6.07, 6.45) is 1.85. The molecular weight excluding hydrogens is 311 g/mol. The number of aryl methyl sites for hydroxylation is 2. The van der Waals surface area contributed by atoms with Crippen LogP contribution in [0.25, 0.3) is 0 Å². The molecule has 124 valence electrons. The summed E-state index contributed by atoms with van der Waals surface area (Å²) in [6, 6.07) is 5.27. The minimum absolute atomic E-state index is 0.0360. The fourth-order valence-electron chi connectivity index (χ4n) is 2.12. The van der Waals surface area contributed by atoms with Crippen molar-refractivity contribution in [2.45, 2.75) is 40.3 Å². The van der Waals surface area contributed by atoms with Crippen molar-refractivity contribution in [1.29, 1.82) is 0 Å². The summed E-state index contributed by atoms with van der Waals surface area (Å²) in [5.74, 6) is 0.533. The van der Waals surface area contributed by atoms with Crippen molar-refractivity contribution >= 4 is 17.3 Å². The molecule has 0 aliphatic rings. The maximum atomic E-state index is 13.7. The van der Waals surface area contributed by atoms with E-state index in [4.69, 9.17) is 0 Å². The number of hydrogen-bond donors (Lipinski definition) is 2. The van der Waals surface area contributed by atoms with Gasteiger partial charge in [-0.15, -0.1) is 11.3 Å². The molecule has 1 aromatic carbocycles. The molecule has 1 aromatic heterocycles. The molecule has 0 fully saturated rings. The molecule has 1 atom stereocenters. The highest BCUT2D eigenvalue weighted by Gasteiger charge is 2.10. The topological polar surface area (TPSA) is 49.3 Å². The first kappa shape index (κ1) is 17.4. The van der Waals surface area contributed by atoms with Crippen LogP contribution in [0.3, 0.4) is 0 Å². The van der Waals surface area contributed by atoms with Gasteiger partial charge in [0.1, 0.15) is 5.82 Å². The Morgan fingerprint density at radius 2 is 2.17 bits per heavy atom. The maximum absolute atomic E-state index is 13.7. The Hall–Kier alpha value is -1.95. The predicted octanol–water partition coefficient (Wildman–Crippen LogP) is 3.72. The van der Waals surface area contributed by atoms with E-state index in [-0.39, 0.29) is 11.9 Å². The highest BCUT2D eigenvalue weighted by Crippen LogP contribution is 2.16. The van der Waals surface area contributed by atoms with Crippen molar-refractivity contribution in [3.05, 3.63) is 51.2 Å². The molecule has 0 saturated heterocycles. The van der Waals surface area contributed by atoms with Crippen molar-refractivity contribution in [2.75, 3.05) is 6.54 Å². The molecule has 0 bridgehead atoms. The van der Waals surface area contributed by atoms with Gasteiger partial charge >= 0.3 is 0 Å². The third-order valence-corrected chi connectivity index (χ3v) is 4.35. The Morgan fingerprint density at radius 3 is 2.78 bits per heavy atom. The van der Waals surface area contributed by atoms with E-state index in [1.807, 2.05) is 33.0 Å². The number of rotatable bonds is 5. The summed E-state index contributed by atoms with van der Waals surface area (Å²) < 4.78 is 13.7. The van der Waals surface area contributed by atoms with Gasteiger partial charge in [0.05, 0.1) is 17.6 Å². The molecule has 0 aliphatic carbocycles. The van der Waals surface area contributed by atoms with Crippen LogP contribution in [0, 0.1) is 19.7 Å². The number of halogens is 1. The first-order chi connectivity index (χ1) is 11.0. The number of nitrogens with zero attached hydrogens (tertiary/aromatic N) is 2. The van der Waals surface area contributed by atoms with Crippen molar-refractivity contribution in [1.82, 2.24) is 15.6 Å². The minimum Gasteiger partial charge on any atom is -0.357 e. The summed E-state index contributed by atoms with van der Waals surface area (Å²) in [5.41, 5.74) is 1.55. The van der Waals surface area contributed by atoms with E-state index < -0.39 is 0 Å². The van der Waals surface area contributed by atoms with Crippen LogP contribution in [-0.4, -0.2) is 17.5 Å². The number of aromatic nitrogens is 1. The SMILES string of the molecule is CCNC(=NCc1cnc(C)s1)NC(C)c1ccc(C)c(F)c1. The molecule has 2 rings (SSSR count). The van der Waals surface area contributed by atoms with Gasteiger partial charge in [0.2, 0.25) is 0 Å². The normalized spacial score (nSPS) is 13.0. The van der Waals surface area contributed by atoms with Gasteiger partial charge < -0.3 is 10.6 Å². The first-order valence-electron chi connectivity index (χ1n) is 7.71. The molecule has 23 heavy (non-hydrogen) atoms. The molecule has 0 radical (unpaired) electrons. The van der Waals surface area contributed by atoms with Crippen LogP contribution in [0.2, 0.25) is 0 Å². The number of aliphatic imine (C=N–C) groups is 1. The van der Waals surface area contributed by atoms with E-state index >= 15 is 0 Å². The molecule has 2 N–H and O–H groups in total. The lowest BCUT2D eigenvalue weighted by Gasteiger charge is -2.18. The van der Waals surface area contributed by atoms with Crippen molar-refractivity contribution in [3.8, 4) is 0 Å². The zero-order valence-corrected chi connectivity index (χ0v) is 14.8. The Labute approximate surface area is 140 Å². The summed E-state index contributed by atoms with van der Waals surface area (Å²) in [5, 5.41) is 7.57. The number of benzene rings is 1. The Morgan fingerprint density at radius 1 is 1.39 bits per heavy atom. The lowest BCUT2D eigenvalue weighted by molar-refractivity contribution is 0.607. The summed E-state index contributed by atoms with van der Waals surface area (Å²) >= 11 is 1.64. The molecule has 1 unspecified atom stereocenters. The zero-order chi connectivity index (χ0) is 16.8. The number of hydrogen-bond acceptors (Lipinski definition) is 3. The first-order valence-corrected chi connectivity index (χ1v) is 8.53. The van der Waals surface area contributed by atoms with E-state index in [1.54, 1.807) is 30.4 Å². The Balaban J connectivity index is 2.06.